The molecule has 1 unspecified atom stereocenters. The molecule has 0 heterocycles. The van der Waals surface area contributed by atoms with Crippen molar-refractivity contribution in [2.45, 2.75) is 44.5 Å². The molecule has 1 aliphatic rings. The number of Topliss-reactive ketones (excluding diaryl/α,β-unsaturated/α-hetero) is 1. The third kappa shape index (κ3) is 5.61. The van der Waals surface area contributed by atoms with Crippen LogP contribution in [0.3, 0.4) is 0 Å². The van der Waals surface area contributed by atoms with E-state index < -0.39 is 26.8 Å². The second-order valence-electron chi connectivity index (χ2n) is 4.92. The van der Waals surface area contributed by atoms with Gasteiger partial charge in [0.25, 0.3) is 0 Å². The minimum atomic E-state index is -5.63. The lowest BCUT2D eigenvalue weighted by atomic mass is 9.91. The van der Waals surface area contributed by atoms with Gasteiger partial charge in [-0.15, -0.1) is 0 Å². The summed E-state index contributed by atoms with van der Waals surface area (Å²) < 4.78 is 63.3. The van der Waals surface area contributed by atoms with Crippen LogP contribution >= 0.6 is 0 Å². The third-order valence-corrected chi connectivity index (χ3v) is 6.60. The Morgan fingerprint density at radius 3 is 2.25 bits per heavy atom. The minimum absolute atomic E-state index is 0.134. The number of hydrogen-bond donors (Lipinski definition) is 0. The summed E-state index contributed by atoms with van der Waals surface area (Å²) in [6, 6.07) is 0. The molecule has 0 radical (unpaired) electrons. The van der Waals surface area contributed by atoms with Gasteiger partial charge in [-0.25, -0.2) is 0 Å². The summed E-state index contributed by atoms with van der Waals surface area (Å²) in [6.07, 6.45) is 4.73. The Bertz CT molecular complexity index is 427. The second-order valence-corrected chi connectivity index (χ2v) is 8.34. The topological polar surface area (TPSA) is 60.4 Å². The van der Waals surface area contributed by atoms with E-state index in [1.165, 1.54) is 6.92 Å². The highest BCUT2D eigenvalue weighted by molar-refractivity contribution is 8.03. The van der Waals surface area contributed by atoms with E-state index in [2.05, 4.69) is 3.63 Å². The molecule has 0 amide bonds. The normalized spacial score (nSPS) is 19.8. The van der Waals surface area contributed by atoms with Crippen molar-refractivity contribution in [1.82, 2.24) is 0 Å². The molecule has 1 aliphatic carbocycles. The summed E-state index contributed by atoms with van der Waals surface area (Å²) >= 11 is -1.53. The summed E-state index contributed by atoms with van der Waals surface area (Å²) in [6.45, 7) is 1.21. The smallest absolute Gasteiger partial charge is 0.295 e. The van der Waals surface area contributed by atoms with Gasteiger partial charge in [-0.05, 0) is 23.4 Å². The van der Waals surface area contributed by atoms with Crippen LogP contribution in [0.2, 0.25) is 0 Å². The van der Waals surface area contributed by atoms with E-state index >= 15 is 0 Å². The highest BCUT2D eigenvalue weighted by Gasteiger charge is 2.52. The van der Waals surface area contributed by atoms with Crippen LogP contribution in [0.15, 0.2) is 0 Å². The molecule has 4 nitrogen and oxygen atoms in total. The molecule has 0 saturated heterocycles. The number of alkyl halides is 3. The van der Waals surface area contributed by atoms with E-state index in [1.807, 2.05) is 0 Å². The summed E-state index contributed by atoms with van der Waals surface area (Å²) in [7, 11) is -5.63. The fourth-order valence-electron chi connectivity index (χ4n) is 2.12. The van der Waals surface area contributed by atoms with Crippen LogP contribution in [0.5, 0.6) is 0 Å². The largest absolute Gasteiger partial charge is 0.527 e. The Hall–Kier alpha value is -0.280. The summed E-state index contributed by atoms with van der Waals surface area (Å²) in [5, 5.41) is 0. The molecule has 118 valence electrons. The first-order valence-electron chi connectivity index (χ1n) is 6.30. The van der Waals surface area contributed by atoms with Crippen molar-refractivity contribution >= 4 is 27.1 Å². The van der Waals surface area contributed by atoms with Gasteiger partial charge in [0.15, 0.2) is 22.7 Å². The molecule has 0 bridgehead atoms. The first-order valence-corrected chi connectivity index (χ1v) is 9.19. The fraction of sp³-hybridized carbons (Fsp3) is 0.909. The molecule has 0 aromatic rings. The number of ketones is 1. The maximum atomic E-state index is 12.3. The molecule has 20 heavy (non-hydrogen) atoms. The molecule has 0 N–H and O–H groups in total. The summed E-state index contributed by atoms with van der Waals surface area (Å²) in [5.74, 6) is -0.322. The fourth-order valence-corrected chi connectivity index (χ4v) is 5.29. The molecular weight excluding hydrogens is 317 g/mol. The highest BCUT2D eigenvalue weighted by atomic mass is 32.3. The van der Waals surface area contributed by atoms with Crippen LogP contribution in [0.1, 0.15) is 39.0 Å². The molecule has 0 spiro atoms. The molecule has 1 saturated carbocycles. The molecule has 0 aliphatic heterocycles. The zero-order valence-corrected chi connectivity index (χ0v) is 12.7. The zero-order chi connectivity index (χ0) is 15.4. The van der Waals surface area contributed by atoms with E-state index in [-0.39, 0.29) is 23.2 Å². The van der Waals surface area contributed by atoms with Crippen molar-refractivity contribution in [3.63, 3.8) is 0 Å². The van der Waals surface area contributed by atoms with Gasteiger partial charge in [-0.3, -0.25) is 4.79 Å². The Morgan fingerprint density at radius 1 is 1.25 bits per heavy atom. The van der Waals surface area contributed by atoms with Crippen molar-refractivity contribution < 1.29 is 30.0 Å². The number of halogens is 3. The monoisotopic (exact) mass is 335 g/mol. The Balaban J connectivity index is 2.71. The first-order chi connectivity index (χ1) is 9.12. The molecule has 1 atom stereocenters. The maximum absolute atomic E-state index is 12.3. The average Bonchev–Trinajstić information content (AvgIpc) is 2.27. The van der Waals surface area contributed by atoms with Crippen molar-refractivity contribution in [1.29, 1.82) is 0 Å². The van der Waals surface area contributed by atoms with E-state index in [9.17, 15) is 26.4 Å². The van der Waals surface area contributed by atoms with E-state index in [4.69, 9.17) is 0 Å². The van der Waals surface area contributed by atoms with Gasteiger partial charge in [0, 0.05) is 5.92 Å². The van der Waals surface area contributed by atoms with Gasteiger partial charge in [0.05, 0.1) is 0 Å². The first kappa shape index (κ1) is 17.8. The van der Waals surface area contributed by atoms with Crippen LogP contribution in [0, 0.1) is 5.92 Å². The molecular formula is C11H18F3O4S2+. The van der Waals surface area contributed by atoms with Gasteiger partial charge in [-0.1, -0.05) is 19.3 Å². The lowest BCUT2D eigenvalue weighted by Gasteiger charge is -2.20. The molecule has 0 aromatic carbocycles. The van der Waals surface area contributed by atoms with Crippen LogP contribution in [-0.2, 0) is 29.7 Å². The predicted molar refractivity (Wildman–Crippen MR) is 70.4 cm³/mol. The quantitative estimate of drug-likeness (QED) is 0.553. The zero-order valence-electron chi connectivity index (χ0n) is 11.1. The standard InChI is InChI=1S/C11H18F3O4S2/c1-9(15)7-19(8-10-5-3-2-4-6-10)18-20(16,17)11(12,13)14/h10H,2-8H2,1H3/q+1. The van der Waals surface area contributed by atoms with Crippen LogP contribution < -0.4 is 0 Å². The van der Waals surface area contributed by atoms with Crippen LogP contribution in [-0.4, -0.2) is 31.2 Å². The average molecular weight is 335 g/mol. The Labute approximate surface area is 119 Å². The van der Waals surface area contributed by atoms with E-state index in [0.717, 1.165) is 32.1 Å². The summed E-state index contributed by atoms with van der Waals surface area (Å²) in [4.78, 5) is 11.1. The minimum Gasteiger partial charge on any atom is -0.295 e. The second kappa shape index (κ2) is 7.13. The van der Waals surface area contributed by atoms with Crippen molar-refractivity contribution in [3.8, 4) is 0 Å². The number of carbonyl (C=O) groups excluding carboxylic acids is 1. The molecule has 1 rings (SSSR count). The van der Waals surface area contributed by atoms with Crippen molar-refractivity contribution in [2.75, 3.05) is 11.5 Å². The van der Waals surface area contributed by atoms with Crippen LogP contribution in [0.25, 0.3) is 0 Å². The number of carbonyl (C=O) groups is 1. The number of hydrogen-bond acceptors (Lipinski definition) is 4. The molecule has 9 heteroatoms. The lowest BCUT2D eigenvalue weighted by Crippen LogP contribution is -2.33. The van der Waals surface area contributed by atoms with Gasteiger partial charge in [0.2, 0.25) is 0 Å². The maximum Gasteiger partial charge on any atom is 0.527 e. The number of rotatable bonds is 6. The van der Waals surface area contributed by atoms with Gasteiger partial charge >= 0.3 is 15.6 Å². The van der Waals surface area contributed by atoms with Crippen molar-refractivity contribution in [2.24, 2.45) is 5.92 Å². The third-order valence-electron chi connectivity index (χ3n) is 2.98. The SMILES string of the molecule is CC(=O)C[S+](CC1CCCCC1)OS(=O)(=O)C(F)(F)F. The highest BCUT2D eigenvalue weighted by Crippen LogP contribution is 2.30. The van der Waals surface area contributed by atoms with Crippen molar-refractivity contribution in [3.05, 3.63) is 0 Å². The van der Waals surface area contributed by atoms with Gasteiger partial charge < -0.3 is 0 Å². The molecule has 0 aromatic heterocycles. The van der Waals surface area contributed by atoms with Crippen LogP contribution in [0.4, 0.5) is 13.2 Å². The Morgan fingerprint density at radius 2 is 1.80 bits per heavy atom. The predicted octanol–water partition coefficient (Wildman–Crippen LogP) is 2.56. The lowest BCUT2D eigenvalue weighted by molar-refractivity contribution is -0.114. The van der Waals surface area contributed by atoms with Gasteiger partial charge in [0.1, 0.15) is 5.75 Å². The van der Waals surface area contributed by atoms with Gasteiger partial charge in [-0.2, -0.15) is 21.6 Å². The summed E-state index contributed by atoms with van der Waals surface area (Å²) in [5.41, 5.74) is -5.44. The molecule has 1 fully saturated rings. The van der Waals surface area contributed by atoms with E-state index in [0.29, 0.717) is 0 Å². The Kier molecular flexibility index (Phi) is 6.33. The van der Waals surface area contributed by atoms with E-state index in [1.54, 1.807) is 0 Å².